The van der Waals surface area contributed by atoms with E-state index in [-0.39, 0.29) is 6.54 Å². The molecule has 2 heterocycles. The van der Waals surface area contributed by atoms with Crippen molar-refractivity contribution in [2.45, 2.75) is 51.6 Å². The maximum absolute atomic E-state index is 11.9. The van der Waals surface area contributed by atoms with Crippen LogP contribution in [-0.2, 0) is 4.79 Å². The van der Waals surface area contributed by atoms with Gasteiger partial charge in [-0.05, 0) is 30.2 Å². The lowest BCUT2D eigenvalue weighted by Gasteiger charge is -2.43. The molecule has 2 fully saturated rings. The Hall–Kier alpha value is -1.69. The molecule has 1 saturated carbocycles. The van der Waals surface area contributed by atoms with E-state index in [1.54, 1.807) is 12.4 Å². The van der Waals surface area contributed by atoms with E-state index in [0.717, 1.165) is 18.4 Å². The second kappa shape index (κ2) is 6.07. The highest BCUT2D eigenvalue weighted by Crippen LogP contribution is 2.45. The van der Waals surface area contributed by atoms with Crippen LogP contribution in [0, 0.1) is 11.3 Å². The van der Waals surface area contributed by atoms with Crippen molar-refractivity contribution in [3.05, 3.63) is 18.0 Å². The lowest BCUT2D eigenvalue weighted by atomic mass is 9.73. The van der Waals surface area contributed by atoms with Crippen molar-refractivity contribution in [3.63, 3.8) is 0 Å². The van der Waals surface area contributed by atoms with E-state index in [2.05, 4.69) is 23.8 Å². The molecule has 2 atom stereocenters. The lowest BCUT2D eigenvalue weighted by Crippen LogP contribution is -2.56. The van der Waals surface area contributed by atoms with E-state index < -0.39 is 17.5 Å². The summed E-state index contributed by atoms with van der Waals surface area (Å²) < 4.78 is 0. The normalized spacial score (nSPS) is 28.2. The predicted molar refractivity (Wildman–Crippen MR) is 86.4 cm³/mol. The fourth-order valence-corrected chi connectivity index (χ4v) is 3.38. The zero-order valence-corrected chi connectivity index (χ0v) is 13.8. The first-order valence-electron chi connectivity index (χ1n) is 8.41. The van der Waals surface area contributed by atoms with Gasteiger partial charge in [-0.15, -0.1) is 0 Å². The summed E-state index contributed by atoms with van der Waals surface area (Å²) >= 11 is 0. The molecule has 126 valence electrons. The minimum atomic E-state index is -1.10. The summed E-state index contributed by atoms with van der Waals surface area (Å²) in [5.74, 6) is 0.452. The van der Waals surface area contributed by atoms with Crippen molar-refractivity contribution in [1.82, 2.24) is 9.97 Å². The van der Waals surface area contributed by atoms with Crippen molar-refractivity contribution in [2.75, 3.05) is 18.0 Å². The van der Waals surface area contributed by atoms with Crippen LogP contribution in [0.4, 0.5) is 5.95 Å². The fraction of sp³-hybridized carbons (Fsp3) is 0.706. The van der Waals surface area contributed by atoms with Gasteiger partial charge in [0.05, 0.1) is 6.10 Å². The highest BCUT2D eigenvalue weighted by molar-refractivity contribution is 5.77. The third kappa shape index (κ3) is 3.17. The number of piperidine rings is 1. The SMILES string of the molecule is CC(C)c1cnc(N2CC[C@@H](O)[C@@](CC3CC3)(C(=O)O)C2)nc1. The summed E-state index contributed by atoms with van der Waals surface area (Å²) in [7, 11) is 0. The molecule has 3 rings (SSSR count). The monoisotopic (exact) mass is 319 g/mol. The molecule has 0 unspecified atom stereocenters. The van der Waals surface area contributed by atoms with Crippen LogP contribution in [0.15, 0.2) is 12.4 Å². The Morgan fingerprint density at radius 2 is 2.00 bits per heavy atom. The van der Waals surface area contributed by atoms with Gasteiger partial charge < -0.3 is 15.1 Å². The van der Waals surface area contributed by atoms with Gasteiger partial charge in [-0.25, -0.2) is 9.97 Å². The van der Waals surface area contributed by atoms with Crippen molar-refractivity contribution in [1.29, 1.82) is 0 Å². The second-order valence-electron chi connectivity index (χ2n) is 7.31. The van der Waals surface area contributed by atoms with Crippen LogP contribution in [-0.4, -0.2) is 45.3 Å². The van der Waals surface area contributed by atoms with Gasteiger partial charge in [0.25, 0.3) is 0 Å². The molecule has 0 amide bonds. The van der Waals surface area contributed by atoms with Crippen LogP contribution in [0.1, 0.15) is 51.0 Å². The van der Waals surface area contributed by atoms with Gasteiger partial charge in [0.1, 0.15) is 5.41 Å². The molecule has 0 spiro atoms. The van der Waals surface area contributed by atoms with Crippen molar-refractivity contribution in [3.8, 4) is 0 Å². The quantitative estimate of drug-likeness (QED) is 0.864. The molecule has 6 nitrogen and oxygen atoms in total. The Balaban J connectivity index is 1.82. The highest BCUT2D eigenvalue weighted by atomic mass is 16.4. The maximum atomic E-state index is 11.9. The number of aromatic nitrogens is 2. The van der Waals surface area contributed by atoms with E-state index in [1.807, 2.05) is 4.90 Å². The lowest BCUT2D eigenvalue weighted by molar-refractivity contribution is -0.158. The van der Waals surface area contributed by atoms with Crippen LogP contribution in [0.2, 0.25) is 0 Å². The Morgan fingerprint density at radius 1 is 1.35 bits per heavy atom. The smallest absolute Gasteiger partial charge is 0.314 e. The Bertz CT molecular complexity index is 571. The topological polar surface area (TPSA) is 86.5 Å². The van der Waals surface area contributed by atoms with E-state index in [9.17, 15) is 15.0 Å². The first kappa shape index (κ1) is 16.2. The molecule has 1 aromatic rings. The molecule has 6 heteroatoms. The van der Waals surface area contributed by atoms with Crippen molar-refractivity contribution < 1.29 is 15.0 Å². The number of anilines is 1. The van der Waals surface area contributed by atoms with Crippen molar-refractivity contribution in [2.24, 2.45) is 11.3 Å². The molecule has 1 aliphatic carbocycles. The van der Waals surface area contributed by atoms with Gasteiger partial charge in [0.15, 0.2) is 0 Å². The summed E-state index contributed by atoms with van der Waals surface area (Å²) in [6.45, 7) is 5.03. The van der Waals surface area contributed by atoms with Gasteiger partial charge in [0, 0.05) is 25.5 Å². The van der Waals surface area contributed by atoms with E-state index in [0.29, 0.717) is 37.2 Å². The third-order valence-electron chi connectivity index (χ3n) is 5.17. The summed E-state index contributed by atoms with van der Waals surface area (Å²) in [4.78, 5) is 22.7. The van der Waals surface area contributed by atoms with Gasteiger partial charge in [-0.1, -0.05) is 26.7 Å². The summed E-state index contributed by atoms with van der Waals surface area (Å²) in [6.07, 6.45) is 5.94. The van der Waals surface area contributed by atoms with Gasteiger partial charge in [-0.3, -0.25) is 4.79 Å². The molecule has 0 aromatic carbocycles. The van der Waals surface area contributed by atoms with E-state index >= 15 is 0 Å². The number of carboxylic acids is 1. The van der Waals surface area contributed by atoms with Gasteiger partial charge in [-0.2, -0.15) is 0 Å². The Labute approximate surface area is 136 Å². The molecule has 2 N–H and O–H groups in total. The number of rotatable bonds is 5. The van der Waals surface area contributed by atoms with E-state index in [1.165, 1.54) is 0 Å². The zero-order chi connectivity index (χ0) is 16.6. The van der Waals surface area contributed by atoms with Crippen LogP contribution >= 0.6 is 0 Å². The number of aliphatic carboxylic acids is 1. The molecular weight excluding hydrogens is 294 g/mol. The van der Waals surface area contributed by atoms with Crippen LogP contribution in [0.5, 0.6) is 0 Å². The van der Waals surface area contributed by atoms with Gasteiger partial charge in [0.2, 0.25) is 5.95 Å². The van der Waals surface area contributed by atoms with Gasteiger partial charge >= 0.3 is 5.97 Å². The van der Waals surface area contributed by atoms with Crippen molar-refractivity contribution >= 4 is 11.9 Å². The number of hydrogen-bond donors (Lipinski definition) is 2. The number of aliphatic hydroxyl groups is 1. The number of hydrogen-bond acceptors (Lipinski definition) is 5. The zero-order valence-electron chi connectivity index (χ0n) is 13.8. The average Bonchev–Trinajstić information content (AvgIpc) is 3.33. The van der Waals surface area contributed by atoms with Crippen LogP contribution in [0.3, 0.4) is 0 Å². The Morgan fingerprint density at radius 3 is 2.52 bits per heavy atom. The highest BCUT2D eigenvalue weighted by Gasteiger charge is 2.52. The first-order chi connectivity index (χ1) is 10.9. The molecule has 1 aliphatic heterocycles. The second-order valence-corrected chi connectivity index (χ2v) is 7.31. The minimum absolute atomic E-state index is 0.279. The molecule has 2 aliphatic rings. The molecule has 0 bridgehead atoms. The molecule has 0 radical (unpaired) electrons. The molecule has 1 aromatic heterocycles. The van der Waals surface area contributed by atoms with E-state index in [4.69, 9.17) is 0 Å². The summed E-state index contributed by atoms with van der Waals surface area (Å²) in [6, 6.07) is 0. The summed E-state index contributed by atoms with van der Waals surface area (Å²) in [5.41, 5.74) is -0.0345. The first-order valence-corrected chi connectivity index (χ1v) is 8.41. The summed E-state index contributed by atoms with van der Waals surface area (Å²) in [5, 5.41) is 20.2. The molecular formula is C17H25N3O3. The predicted octanol–water partition coefficient (Wildman–Crippen LogP) is 2.04. The molecule has 23 heavy (non-hydrogen) atoms. The number of aliphatic hydroxyl groups excluding tert-OH is 1. The third-order valence-corrected chi connectivity index (χ3v) is 5.17. The fourth-order valence-electron chi connectivity index (χ4n) is 3.38. The standard InChI is InChI=1S/C17H25N3O3/c1-11(2)13-8-18-16(19-9-13)20-6-5-14(21)17(10-20,15(22)23)7-12-3-4-12/h8-9,11-12,14,21H,3-7,10H2,1-2H3,(H,22,23)/t14-,17+/m1/s1. The number of nitrogens with zero attached hydrogens (tertiary/aromatic N) is 3. The number of carboxylic acid groups (broad SMARTS) is 1. The average molecular weight is 319 g/mol. The molecule has 1 saturated heterocycles. The largest absolute Gasteiger partial charge is 0.481 e. The minimum Gasteiger partial charge on any atom is -0.481 e. The number of carbonyl (C=O) groups is 1. The Kier molecular flexibility index (Phi) is 4.27. The maximum Gasteiger partial charge on any atom is 0.314 e. The van der Waals surface area contributed by atoms with Crippen LogP contribution < -0.4 is 4.90 Å². The van der Waals surface area contributed by atoms with Crippen LogP contribution in [0.25, 0.3) is 0 Å².